The molecule has 3 fully saturated rings. The van der Waals surface area contributed by atoms with E-state index in [-0.39, 0.29) is 30.4 Å². The van der Waals surface area contributed by atoms with Gasteiger partial charge in [0.05, 0.1) is 12.1 Å². The van der Waals surface area contributed by atoms with Crippen LogP contribution in [0.2, 0.25) is 0 Å². The first-order chi connectivity index (χ1) is 14.6. The van der Waals surface area contributed by atoms with E-state index in [4.69, 9.17) is 0 Å². The molecule has 0 aromatic carbocycles. The van der Waals surface area contributed by atoms with Gasteiger partial charge in [-0.3, -0.25) is 9.69 Å². The van der Waals surface area contributed by atoms with Gasteiger partial charge in [-0.15, -0.1) is 11.3 Å². The van der Waals surface area contributed by atoms with E-state index in [2.05, 4.69) is 20.9 Å². The predicted molar refractivity (Wildman–Crippen MR) is 115 cm³/mol. The van der Waals surface area contributed by atoms with Gasteiger partial charge in [0.2, 0.25) is 5.91 Å². The molecule has 0 atom stereocenters. The molecule has 3 N–H and O–H groups in total. The first kappa shape index (κ1) is 20.9. The van der Waals surface area contributed by atoms with Gasteiger partial charge in [0.1, 0.15) is 0 Å². The van der Waals surface area contributed by atoms with E-state index in [0.29, 0.717) is 43.0 Å². The average Bonchev–Trinajstić information content (AvgIpc) is 3.37. The SMILES string of the molecule is O=C(Cc1csc(N2CCNC2=O)n1)NC1CCN(C(=O)NC2CCCCC2)CC1. The Balaban J connectivity index is 1.18. The van der Waals surface area contributed by atoms with Gasteiger partial charge in [-0.1, -0.05) is 19.3 Å². The summed E-state index contributed by atoms with van der Waals surface area (Å²) in [4.78, 5) is 44.5. The number of carbonyl (C=O) groups excluding carboxylic acids is 3. The minimum Gasteiger partial charge on any atom is -0.353 e. The maximum atomic E-state index is 12.5. The fraction of sp³-hybridized carbons (Fsp3) is 0.700. The topological polar surface area (TPSA) is 107 Å². The molecule has 1 aromatic rings. The molecule has 2 saturated heterocycles. The number of rotatable bonds is 5. The Bertz CT molecular complexity index is 770. The third kappa shape index (κ3) is 5.21. The molecule has 164 valence electrons. The molecule has 0 bridgehead atoms. The highest BCUT2D eigenvalue weighted by atomic mass is 32.1. The number of likely N-dealkylation sites (tertiary alicyclic amines) is 1. The molecular weight excluding hydrogens is 404 g/mol. The number of piperidine rings is 1. The molecule has 3 heterocycles. The molecule has 10 heteroatoms. The Labute approximate surface area is 180 Å². The second kappa shape index (κ2) is 9.63. The molecule has 0 spiro atoms. The van der Waals surface area contributed by atoms with Crippen molar-refractivity contribution < 1.29 is 14.4 Å². The average molecular weight is 435 g/mol. The Hall–Kier alpha value is -2.36. The van der Waals surface area contributed by atoms with E-state index in [1.165, 1.54) is 30.6 Å². The Morgan fingerprint density at radius 2 is 1.80 bits per heavy atom. The lowest BCUT2D eigenvalue weighted by Gasteiger charge is -2.34. The maximum absolute atomic E-state index is 12.5. The van der Waals surface area contributed by atoms with Crippen molar-refractivity contribution in [3.8, 4) is 0 Å². The van der Waals surface area contributed by atoms with Crippen molar-refractivity contribution in [1.82, 2.24) is 25.8 Å². The van der Waals surface area contributed by atoms with Crippen molar-refractivity contribution in [2.24, 2.45) is 0 Å². The molecule has 9 nitrogen and oxygen atoms in total. The molecule has 4 rings (SSSR count). The molecule has 1 aliphatic carbocycles. The number of aromatic nitrogens is 1. The zero-order valence-electron chi connectivity index (χ0n) is 17.2. The van der Waals surface area contributed by atoms with Gasteiger partial charge >= 0.3 is 12.1 Å². The Morgan fingerprint density at radius 3 is 2.50 bits per heavy atom. The highest BCUT2D eigenvalue weighted by molar-refractivity contribution is 7.14. The summed E-state index contributed by atoms with van der Waals surface area (Å²) in [5, 5.41) is 11.4. The number of thiazole rings is 1. The Kier molecular flexibility index (Phi) is 6.71. The summed E-state index contributed by atoms with van der Waals surface area (Å²) in [6.45, 7) is 2.54. The van der Waals surface area contributed by atoms with Crippen molar-refractivity contribution >= 4 is 34.4 Å². The van der Waals surface area contributed by atoms with Crippen LogP contribution in [-0.2, 0) is 11.2 Å². The summed E-state index contributed by atoms with van der Waals surface area (Å²) in [6.07, 6.45) is 7.56. The largest absolute Gasteiger partial charge is 0.353 e. The third-order valence-electron chi connectivity index (χ3n) is 6.05. The van der Waals surface area contributed by atoms with Gasteiger partial charge in [0, 0.05) is 43.6 Å². The molecule has 0 radical (unpaired) electrons. The van der Waals surface area contributed by atoms with Crippen LogP contribution in [0.5, 0.6) is 0 Å². The summed E-state index contributed by atoms with van der Waals surface area (Å²) < 4.78 is 0. The van der Waals surface area contributed by atoms with Gasteiger partial charge in [-0.25, -0.2) is 14.6 Å². The quantitative estimate of drug-likeness (QED) is 0.657. The maximum Gasteiger partial charge on any atom is 0.323 e. The van der Waals surface area contributed by atoms with E-state index in [1.54, 1.807) is 4.90 Å². The molecular formula is C20H30N6O3S. The van der Waals surface area contributed by atoms with Crippen LogP contribution in [0, 0.1) is 0 Å². The van der Waals surface area contributed by atoms with Crippen LogP contribution in [0.3, 0.4) is 0 Å². The summed E-state index contributed by atoms with van der Waals surface area (Å²) >= 11 is 1.38. The fourth-order valence-corrected chi connectivity index (χ4v) is 5.19. The summed E-state index contributed by atoms with van der Waals surface area (Å²) in [5.74, 6) is -0.0668. The standard InChI is InChI=1S/C20H30N6O3S/c27-17(12-16-13-30-20(24-16)26-11-8-21-18(26)28)22-15-6-9-25(10-7-15)19(29)23-14-4-2-1-3-5-14/h13-15H,1-12H2,(H,21,28)(H,22,27)(H,23,29). The van der Waals surface area contributed by atoms with E-state index >= 15 is 0 Å². The smallest absolute Gasteiger partial charge is 0.323 e. The molecule has 0 unspecified atom stereocenters. The first-order valence-electron chi connectivity index (χ1n) is 10.9. The number of nitrogens with zero attached hydrogens (tertiary/aromatic N) is 3. The number of amides is 5. The first-order valence-corrected chi connectivity index (χ1v) is 11.8. The summed E-state index contributed by atoms with van der Waals surface area (Å²) in [7, 11) is 0. The van der Waals surface area contributed by atoms with Crippen LogP contribution in [0.1, 0.15) is 50.6 Å². The molecule has 3 aliphatic rings. The van der Waals surface area contributed by atoms with Crippen LogP contribution in [-0.4, -0.2) is 66.1 Å². The minimum atomic E-state index is -0.139. The van der Waals surface area contributed by atoms with Crippen LogP contribution < -0.4 is 20.9 Å². The van der Waals surface area contributed by atoms with E-state index in [0.717, 1.165) is 25.7 Å². The number of urea groups is 2. The van der Waals surface area contributed by atoms with Crippen LogP contribution in [0.4, 0.5) is 14.7 Å². The lowest BCUT2D eigenvalue weighted by atomic mass is 9.95. The predicted octanol–water partition coefficient (Wildman–Crippen LogP) is 1.84. The third-order valence-corrected chi connectivity index (χ3v) is 6.96. The molecule has 2 aliphatic heterocycles. The highest BCUT2D eigenvalue weighted by Gasteiger charge is 2.27. The van der Waals surface area contributed by atoms with Gasteiger partial charge in [0.25, 0.3) is 0 Å². The number of anilines is 1. The molecule has 1 saturated carbocycles. The summed E-state index contributed by atoms with van der Waals surface area (Å²) in [5.41, 5.74) is 0.677. The molecule has 30 heavy (non-hydrogen) atoms. The van der Waals surface area contributed by atoms with E-state index in [1.807, 2.05) is 10.3 Å². The van der Waals surface area contributed by atoms with Gasteiger partial charge in [-0.2, -0.15) is 0 Å². The van der Waals surface area contributed by atoms with E-state index in [9.17, 15) is 14.4 Å². The number of carbonyl (C=O) groups is 3. The number of nitrogens with one attached hydrogen (secondary N) is 3. The second-order valence-electron chi connectivity index (χ2n) is 8.30. The normalized spacial score (nSPS) is 20.9. The zero-order valence-corrected chi connectivity index (χ0v) is 18.0. The monoisotopic (exact) mass is 434 g/mol. The van der Waals surface area contributed by atoms with Crippen LogP contribution in [0.15, 0.2) is 5.38 Å². The van der Waals surface area contributed by atoms with Gasteiger partial charge < -0.3 is 20.9 Å². The summed E-state index contributed by atoms with van der Waals surface area (Å²) in [6, 6.07) is 0.296. The van der Waals surface area contributed by atoms with Crippen molar-refractivity contribution in [3.63, 3.8) is 0 Å². The number of hydrogen-bond donors (Lipinski definition) is 3. The lowest BCUT2D eigenvalue weighted by Crippen LogP contribution is -2.51. The molecule has 1 aromatic heterocycles. The van der Waals surface area contributed by atoms with Gasteiger partial charge in [-0.05, 0) is 25.7 Å². The zero-order chi connectivity index (χ0) is 20.9. The minimum absolute atomic E-state index is 0.0348. The fourth-order valence-electron chi connectivity index (χ4n) is 4.34. The highest BCUT2D eigenvalue weighted by Crippen LogP contribution is 2.22. The van der Waals surface area contributed by atoms with E-state index < -0.39 is 0 Å². The van der Waals surface area contributed by atoms with Crippen LogP contribution in [0.25, 0.3) is 0 Å². The second-order valence-corrected chi connectivity index (χ2v) is 9.13. The van der Waals surface area contributed by atoms with Gasteiger partial charge in [0.15, 0.2) is 5.13 Å². The van der Waals surface area contributed by atoms with Crippen molar-refractivity contribution in [1.29, 1.82) is 0 Å². The van der Waals surface area contributed by atoms with Crippen molar-refractivity contribution in [2.45, 2.75) is 63.5 Å². The van der Waals surface area contributed by atoms with Crippen molar-refractivity contribution in [2.75, 3.05) is 31.1 Å². The molecule has 5 amide bonds. The number of hydrogen-bond acceptors (Lipinski definition) is 5. The lowest BCUT2D eigenvalue weighted by molar-refractivity contribution is -0.121. The Morgan fingerprint density at radius 1 is 1.07 bits per heavy atom. The van der Waals surface area contributed by atoms with Crippen molar-refractivity contribution in [3.05, 3.63) is 11.1 Å². The van der Waals surface area contributed by atoms with Crippen LogP contribution >= 0.6 is 11.3 Å².